The van der Waals surface area contributed by atoms with Crippen LogP contribution in [0.3, 0.4) is 0 Å². The number of ether oxygens (including phenoxy) is 3. The zero-order valence-corrected chi connectivity index (χ0v) is 14.7. The molecule has 7 nitrogen and oxygen atoms in total. The average Bonchev–Trinajstić information content (AvgIpc) is 3.03. The minimum atomic E-state index is -0.581. The van der Waals surface area contributed by atoms with Crippen molar-refractivity contribution in [1.82, 2.24) is 10.1 Å². The van der Waals surface area contributed by atoms with Gasteiger partial charge >= 0.3 is 5.97 Å². The molecule has 0 saturated carbocycles. The Labute approximate surface area is 144 Å². The fourth-order valence-corrected chi connectivity index (χ4v) is 2.16. The largest absolute Gasteiger partial charge is 0.493 e. The molecule has 1 heterocycles. The van der Waals surface area contributed by atoms with Crippen molar-refractivity contribution >= 4 is 17.6 Å². The summed E-state index contributed by atoms with van der Waals surface area (Å²) >= 11 is 6.14. The first-order valence-corrected chi connectivity index (χ1v) is 7.84. The highest BCUT2D eigenvalue weighted by Crippen LogP contribution is 2.36. The Kier molecular flexibility index (Phi) is 6.03. The number of methoxy groups -OCH3 is 1. The van der Waals surface area contributed by atoms with Gasteiger partial charge < -0.3 is 18.7 Å². The Morgan fingerprint density at radius 1 is 1.38 bits per heavy atom. The van der Waals surface area contributed by atoms with Crippen LogP contribution in [0.15, 0.2) is 16.7 Å². The van der Waals surface area contributed by atoms with Crippen LogP contribution in [0.25, 0.3) is 0 Å². The molecule has 0 N–H and O–H groups in total. The van der Waals surface area contributed by atoms with Crippen LogP contribution in [0.1, 0.15) is 48.8 Å². The zero-order valence-electron chi connectivity index (χ0n) is 14.0. The first-order chi connectivity index (χ1) is 11.5. The number of nitrogens with zero attached hydrogens (tertiary/aromatic N) is 2. The Hall–Kier alpha value is -2.28. The molecule has 0 saturated heterocycles. The number of aromatic nitrogens is 2. The number of rotatable bonds is 7. The quantitative estimate of drug-likeness (QED) is 0.702. The second-order valence-electron chi connectivity index (χ2n) is 5.20. The number of hydrogen-bond donors (Lipinski definition) is 0. The van der Waals surface area contributed by atoms with E-state index < -0.39 is 5.97 Å². The average molecular weight is 355 g/mol. The van der Waals surface area contributed by atoms with Crippen LogP contribution in [0.4, 0.5) is 0 Å². The predicted molar refractivity (Wildman–Crippen MR) is 86.7 cm³/mol. The van der Waals surface area contributed by atoms with E-state index in [4.69, 9.17) is 30.3 Å². The number of benzene rings is 1. The summed E-state index contributed by atoms with van der Waals surface area (Å²) in [5.41, 5.74) is 0.240. The van der Waals surface area contributed by atoms with Crippen LogP contribution in [0.5, 0.6) is 11.5 Å². The van der Waals surface area contributed by atoms with Crippen molar-refractivity contribution in [3.8, 4) is 11.5 Å². The lowest BCUT2D eigenvalue weighted by molar-refractivity contribution is 0.0429. The van der Waals surface area contributed by atoms with Gasteiger partial charge in [0.25, 0.3) is 5.89 Å². The molecular weight excluding hydrogens is 336 g/mol. The summed E-state index contributed by atoms with van der Waals surface area (Å²) in [6, 6.07) is 2.97. The van der Waals surface area contributed by atoms with Crippen LogP contribution in [-0.4, -0.2) is 29.8 Å². The third-order valence-corrected chi connectivity index (χ3v) is 3.36. The van der Waals surface area contributed by atoms with Gasteiger partial charge in [0.05, 0.1) is 24.3 Å². The van der Waals surface area contributed by atoms with Crippen LogP contribution >= 0.6 is 11.6 Å². The molecule has 0 amide bonds. The maximum Gasteiger partial charge on any atom is 0.338 e. The minimum absolute atomic E-state index is 0.119. The molecule has 8 heteroatoms. The van der Waals surface area contributed by atoms with Crippen molar-refractivity contribution in [2.75, 3.05) is 13.7 Å². The summed E-state index contributed by atoms with van der Waals surface area (Å²) in [5.74, 6) is 1.09. The number of esters is 1. The number of carbonyl (C=O) groups is 1. The van der Waals surface area contributed by atoms with Gasteiger partial charge in [0, 0.05) is 5.92 Å². The van der Waals surface area contributed by atoms with E-state index in [1.807, 2.05) is 20.8 Å². The van der Waals surface area contributed by atoms with E-state index in [9.17, 15) is 4.79 Å². The molecule has 0 radical (unpaired) electrons. The fourth-order valence-electron chi connectivity index (χ4n) is 1.89. The molecule has 2 aromatic rings. The molecule has 1 aromatic heterocycles. The van der Waals surface area contributed by atoms with Crippen LogP contribution < -0.4 is 9.47 Å². The highest BCUT2D eigenvalue weighted by molar-refractivity contribution is 6.32. The summed E-state index contributed by atoms with van der Waals surface area (Å²) in [6.07, 6.45) is 0. The maximum absolute atomic E-state index is 12.2. The van der Waals surface area contributed by atoms with Crippen molar-refractivity contribution in [2.45, 2.75) is 33.3 Å². The highest BCUT2D eigenvalue weighted by atomic mass is 35.5. The van der Waals surface area contributed by atoms with Gasteiger partial charge in [-0.25, -0.2) is 4.79 Å². The number of halogens is 1. The molecule has 1 aromatic carbocycles. The first-order valence-electron chi connectivity index (χ1n) is 7.46. The third kappa shape index (κ3) is 4.17. The summed E-state index contributed by atoms with van der Waals surface area (Å²) in [4.78, 5) is 16.3. The summed E-state index contributed by atoms with van der Waals surface area (Å²) in [5, 5.41) is 4.07. The van der Waals surface area contributed by atoms with Gasteiger partial charge in [-0.3, -0.25) is 0 Å². The molecule has 0 bridgehead atoms. The molecule has 0 atom stereocenters. The lowest BCUT2D eigenvalue weighted by Gasteiger charge is -2.12. The Morgan fingerprint density at radius 3 is 2.71 bits per heavy atom. The lowest BCUT2D eigenvalue weighted by Crippen LogP contribution is -2.07. The van der Waals surface area contributed by atoms with Gasteiger partial charge in [-0.05, 0) is 19.1 Å². The van der Waals surface area contributed by atoms with Crippen LogP contribution in [0, 0.1) is 0 Å². The second kappa shape index (κ2) is 8.01. The smallest absolute Gasteiger partial charge is 0.338 e. The topological polar surface area (TPSA) is 83.7 Å². The molecule has 0 aliphatic carbocycles. The van der Waals surface area contributed by atoms with Gasteiger partial charge in [-0.2, -0.15) is 4.98 Å². The van der Waals surface area contributed by atoms with Gasteiger partial charge in [0.2, 0.25) is 0 Å². The molecule has 0 unspecified atom stereocenters. The van der Waals surface area contributed by atoms with Crippen LogP contribution in [-0.2, 0) is 11.3 Å². The van der Waals surface area contributed by atoms with Crippen molar-refractivity contribution in [1.29, 1.82) is 0 Å². The van der Waals surface area contributed by atoms with Crippen molar-refractivity contribution in [3.63, 3.8) is 0 Å². The summed E-state index contributed by atoms with van der Waals surface area (Å²) in [7, 11) is 1.47. The minimum Gasteiger partial charge on any atom is -0.493 e. The van der Waals surface area contributed by atoms with E-state index in [2.05, 4.69) is 10.1 Å². The molecule has 24 heavy (non-hydrogen) atoms. The standard InChI is InChI=1S/C16H19ClN2O5/c1-5-22-14-11(17)6-10(7-12(14)21-4)16(20)23-8-13-18-15(9(2)3)19-24-13/h6-7,9H,5,8H2,1-4H3. The van der Waals surface area contributed by atoms with E-state index in [1.165, 1.54) is 19.2 Å². The molecule has 0 fully saturated rings. The molecule has 0 spiro atoms. The third-order valence-electron chi connectivity index (χ3n) is 3.08. The van der Waals surface area contributed by atoms with Gasteiger partial charge in [0.1, 0.15) is 0 Å². The number of carbonyl (C=O) groups excluding carboxylic acids is 1. The van der Waals surface area contributed by atoms with Gasteiger partial charge in [-0.15, -0.1) is 0 Å². The molecule has 0 aliphatic rings. The summed E-state index contributed by atoms with van der Waals surface area (Å²) < 4.78 is 20.8. The first kappa shape index (κ1) is 18.1. The van der Waals surface area contributed by atoms with E-state index in [1.54, 1.807) is 0 Å². The SMILES string of the molecule is CCOc1c(Cl)cc(C(=O)OCc2nc(C(C)C)no2)cc1OC. The normalized spacial score (nSPS) is 10.8. The van der Waals surface area contributed by atoms with Crippen molar-refractivity contribution in [3.05, 3.63) is 34.4 Å². The Balaban J connectivity index is 2.10. The second-order valence-corrected chi connectivity index (χ2v) is 5.61. The predicted octanol–water partition coefficient (Wildman–Crippen LogP) is 3.61. The number of hydrogen-bond acceptors (Lipinski definition) is 7. The van der Waals surface area contributed by atoms with E-state index >= 15 is 0 Å². The van der Waals surface area contributed by atoms with E-state index in [0.717, 1.165) is 0 Å². The highest BCUT2D eigenvalue weighted by Gasteiger charge is 2.18. The monoisotopic (exact) mass is 354 g/mol. The van der Waals surface area contributed by atoms with Gasteiger partial charge in [0.15, 0.2) is 23.9 Å². The zero-order chi connectivity index (χ0) is 17.7. The molecule has 0 aliphatic heterocycles. The van der Waals surface area contributed by atoms with Crippen molar-refractivity contribution < 1.29 is 23.5 Å². The fraction of sp³-hybridized carbons (Fsp3) is 0.438. The molecule has 2 rings (SSSR count). The van der Waals surface area contributed by atoms with Crippen molar-refractivity contribution in [2.24, 2.45) is 0 Å². The Morgan fingerprint density at radius 2 is 2.12 bits per heavy atom. The van der Waals surface area contributed by atoms with E-state index in [0.29, 0.717) is 23.9 Å². The van der Waals surface area contributed by atoms with E-state index in [-0.39, 0.29) is 29.0 Å². The van der Waals surface area contributed by atoms with Crippen LogP contribution in [0.2, 0.25) is 5.02 Å². The van der Waals surface area contributed by atoms with Gasteiger partial charge in [-0.1, -0.05) is 30.6 Å². The summed E-state index contributed by atoms with van der Waals surface area (Å²) in [6.45, 7) is 6.01. The molecule has 130 valence electrons. The maximum atomic E-state index is 12.2. The lowest BCUT2D eigenvalue weighted by atomic mass is 10.2. The Bertz CT molecular complexity index is 714. The molecular formula is C16H19ClN2O5.